The molecule has 1 saturated carbocycles. The van der Waals surface area contributed by atoms with Gasteiger partial charge in [0.15, 0.2) is 0 Å². The molecular weight excluding hydrogens is 488 g/mol. The Kier molecular flexibility index (Phi) is 34.0. The molecule has 15 heavy (non-hydrogen) atoms. The van der Waals surface area contributed by atoms with Gasteiger partial charge in [-0.05, 0) is 0 Å². The molecule has 1 rings (SSSR count). The van der Waals surface area contributed by atoms with Crippen LogP contribution in [0.2, 0.25) is 0 Å². The zero-order chi connectivity index (χ0) is 8.10. The minimum Gasteiger partial charge on any atom is -0.343 e. The fourth-order valence-corrected chi connectivity index (χ4v) is 1.85. The molecular formula is C11H19Y4. The van der Waals surface area contributed by atoms with Gasteiger partial charge in [0.2, 0.25) is 0 Å². The molecule has 0 amide bonds. The first-order valence-electron chi connectivity index (χ1n) is 4.80. The van der Waals surface area contributed by atoms with Crippen LogP contribution in [0.4, 0.5) is 0 Å². The van der Waals surface area contributed by atoms with E-state index in [4.69, 9.17) is 0 Å². The molecule has 3 radical (unpaired) electrons. The zero-order valence-corrected chi connectivity index (χ0v) is 21.1. The van der Waals surface area contributed by atoms with Crippen LogP contribution in [0.5, 0.6) is 0 Å². The minimum atomic E-state index is 0. The molecule has 0 aromatic heterocycles. The van der Waals surface area contributed by atoms with Crippen molar-refractivity contribution >= 4 is 0 Å². The van der Waals surface area contributed by atoms with Gasteiger partial charge in [-0.15, -0.1) is 6.42 Å². The minimum absolute atomic E-state index is 0. The maximum absolute atomic E-state index is 4.15. The van der Waals surface area contributed by atoms with Gasteiger partial charge >= 0.3 is 32.7 Å². The van der Waals surface area contributed by atoms with Crippen LogP contribution in [0.15, 0.2) is 0 Å². The molecule has 2 atom stereocenters. The summed E-state index contributed by atoms with van der Waals surface area (Å²) >= 11 is 0. The average molecular weight is 507 g/mol. The third kappa shape index (κ3) is 13.2. The van der Waals surface area contributed by atoms with E-state index in [0.717, 1.165) is 12.3 Å². The van der Waals surface area contributed by atoms with E-state index in [1.165, 1.54) is 32.1 Å². The quantitative estimate of drug-likeness (QED) is 0.405. The maximum Gasteiger partial charge on any atom is 3.00 e. The first-order valence-corrected chi connectivity index (χ1v) is 4.80. The largest absolute Gasteiger partial charge is 3.00 e. The fourth-order valence-electron chi connectivity index (χ4n) is 1.85. The summed E-state index contributed by atoms with van der Waals surface area (Å²) in [5, 5.41) is 0. The van der Waals surface area contributed by atoms with E-state index in [1.54, 1.807) is 0 Å². The summed E-state index contributed by atoms with van der Waals surface area (Å²) in [6.45, 7) is 7.98. The van der Waals surface area contributed by atoms with Crippen LogP contribution in [-0.4, -0.2) is 0 Å². The van der Waals surface area contributed by atoms with Gasteiger partial charge in [-0.3, -0.25) is 0 Å². The molecule has 0 bridgehead atoms. The van der Waals surface area contributed by atoms with E-state index in [-0.39, 0.29) is 131 Å². The molecule has 0 N–H and O–H groups in total. The standard InChI is InChI=1S/C11H19.4Y/c1-3-4-5-8-11-9-6-7-10(11)2;;;;/h8,10-11H,1-7,9H2;;;;/q-3;;;;+3. The molecule has 0 nitrogen and oxygen atoms in total. The Balaban J connectivity index is -0.000000151. The molecule has 1 aliphatic carbocycles. The molecule has 0 heterocycles. The van der Waals surface area contributed by atoms with Crippen LogP contribution < -0.4 is 0 Å². The second-order valence-electron chi connectivity index (χ2n) is 3.59. The number of unbranched alkanes of at least 4 members (excludes halogenated alkanes) is 2. The van der Waals surface area contributed by atoms with Gasteiger partial charge in [-0.2, -0.15) is 24.7 Å². The van der Waals surface area contributed by atoms with Gasteiger partial charge in [-0.25, -0.2) is 0 Å². The Morgan fingerprint density at radius 1 is 1.13 bits per heavy atom. The Hall–Kier alpha value is 4.42. The maximum atomic E-state index is 4.15. The normalized spacial score (nSPS) is 22.8. The summed E-state index contributed by atoms with van der Waals surface area (Å²) in [6.07, 6.45) is 10.2. The van der Waals surface area contributed by atoms with Crippen molar-refractivity contribution in [3.05, 3.63) is 20.3 Å². The third-order valence-corrected chi connectivity index (χ3v) is 2.64. The third-order valence-electron chi connectivity index (χ3n) is 2.64. The molecule has 1 aliphatic rings. The zero-order valence-electron chi connectivity index (χ0n) is 9.70. The van der Waals surface area contributed by atoms with Crippen molar-refractivity contribution in [1.29, 1.82) is 0 Å². The Labute approximate surface area is 197 Å². The van der Waals surface area contributed by atoms with Crippen LogP contribution in [0.3, 0.4) is 0 Å². The predicted octanol–water partition coefficient (Wildman–Crippen LogP) is 3.44. The van der Waals surface area contributed by atoms with E-state index in [9.17, 15) is 0 Å². The van der Waals surface area contributed by atoms with Crippen molar-refractivity contribution in [2.75, 3.05) is 0 Å². The van der Waals surface area contributed by atoms with E-state index in [0.29, 0.717) is 5.92 Å². The van der Waals surface area contributed by atoms with Gasteiger partial charge in [0.1, 0.15) is 0 Å². The monoisotopic (exact) mass is 507 g/mol. The van der Waals surface area contributed by atoms with Crippen LogP contribution >= 0.6 is 0 Å². The van der Waals surface area contributed by atoms with Gasteiger partial charge < -0.3 is 20.3 Å². The number of rotatable bonds is 4. The summed E-state index contributed by atoms with van der Waals surface area (Å²) < 4.78 is 0. The summed E-state index contributed by atoms with van der Waals surface area (Å²) in [7, 11) is 0. The van der Waals surface area contributed by atoms with Crippen LogP contribution in [-0.2, 0) is 131 Å². The Bertz CT molecular complexity index is 109. The molecule has 4 heteroatoms. The van der Waals surface area contributed by atoms with Crippen LogP contribution in [0.1, 0.15) is 38.5 Å². The predicted molar refractivity (Wildman–Crippen MR) is 49.7 cm³/mol. The van der Waals surface area contributed by atoms with Crippen LogP contribution in [0.25, 0.3) is 0 Å². The van der Waals surface area contributed by atoms with E-state index < -0.39 is 0 Å². The average Bonchev–Trinajstić information content (AvgIpc) is 2.37. The first kappa shape index (κ1) is 27.7. The summed E-state index contributed by atoms with van der Waals surface area (Å²) in [5.41, 5.74) is 0. The smallest absolute Gasteiger partial charge is 0.343 e. The topological polar surface area (TPSA) is 0 Å². The van der Waals surface area contributed by atoms with Gasteiger partial charge in [-0.1, -0.05) is 19.3 Å². The number of hydrogen-bond donors (Lipinski definition) is 0. The van der Waals surface area contributed by atoms with Crippen molar-refractivity contribution in [2.45, 2.75) is 38.5 Å². The summed E-state index contributed by atoms with van der Waals surface area (Å²) in [5.74, 6) is 1.53. The SMILES string of the molecule is [CH2-]CCC[CH-]C1CCCC1[CH2-].[Y+3].[Y].[Y].[Y]. The van der Waals surface area contributed by atoms with Crippen LogP contribution in [0, 0.1) is 32.1 Å². The number of hydrogen-bond acceptors (Lipinski definition) is 0. The summed E-state index contributed by atoms with van der Waals surface area (Å²) in [4.78, 5) is 0. The van der Waals surface area contributed by atoms with Crippen molar-refractivity contribution in [3.8, 4) is 0 Å². The van der Waals surface area contributed by atoms with E-state index >= 15 is 0 Å². The molecule has 0 saturated heterocycles. The second-order valence-corrected chi connectivity index (χ2v) is 3.59. The van der Waals surface area contributed by atoms with Crippen molar-refractivity contribution in [2.24, 2.45) is 11.8 Å². The van der Waals surface area contributed by atoms with E-state index in [2.05, 4.69) is 20.3 Å². The summed E-state index contributed by atoms with van der Waals surface area (Å²) in [6, 6.07) is 0. The van der Waals surface area contributed by atoms with Gasteiger partial charge in [0.25, 0.3) is 0 Å². The first-order chi connectivity index (χ1) is 5.34. The molecule has 2 unspecified atom stereocenters. The molecule has 0 aromatic carbocycles. The van der Waals surface area contributed by atoms with Crippen molar-refractivity contribution in [1.82, 2.24) is 0 Å². The van der Waals surface area contributed by atoms with Gasteiger partial charge in [0.05, 0.1) is 0 Å². The fraction of sp³-hybridized carbons (Fsp3) is 0.727. The Morgan fingerprint density at radius 2 is 1.73 bits per heavy atom. The van der Waals surface area contributed by atoms with Gasteiger partial charge in [0, 0.05) is 98.1 Å². The second kappa shape index (κ2) is 18.4. The molecule has 0 aliphatic heterocycles. The van der Waals surface area contributed by atoms with Crippen molar-refractivity contribution in [3.63, 3.8) is 0 Å². The molecule has 1 fully saturated rings. The van der Waals surface area contributed by atoms with E-state index in [1.807, 2.05) is 0 Å². The van der Waals surface area contributed by atoms with Crippen molar-refractivity contribution < 1.29 is 131 Å². The molecule has 0 aromatic rings. The Morgan fingerprint density at radius 3 is 2.13 bits per heavy atom. The molecule has 75 valence electrons. The molecule has 0 spiro atoms.